The maximum atomic E-state index is 12.0. The number of benzene rings is 1. The molecule has 1 aliphatic rings. The van der Waals surface area contributed by atoms with Crippen LogP contribution in [-0.2, 0) is 4.79 Å². The van der Waals surface area contributed by atoms with Gasteiger partial charge in [-0.05, 0) is 19.1 Å². The van der Waals surface area contributed by atoms with Crippen molar-refractivity contribution < 1.29 is 19.1 Å². The van der Waals surface area contributed by atoms with Gasteiger partial charge in [0.2, 0.25) is 6.41 Å². The number of hydrogen-bond donors (Lipinski definition) is 1. The Kier molecular flexibility index (Phi) is 6.53. The van der Waals surface area contributed by atoms with Gasteiger partial charge in [0.15, 0.2) is 0 Å². The highest BCUT2D eigenvalue weighted by atomic mass is 16.5. The number of rotatable bonds is 7. The van der Waals surface area contributed by atoms with E-state index in [1.54, 1.807) is 9.80 Å². The van der Waals surface area contributed by atoms with Gasteiger partial charge < -0.3 is 24.6 Å². The second-order valence-electron chi connectivity index (χ2n) is 5.12. The molecule has 126 valence electrons. The van der Waals surface area contributed by atoms with Crippen LogP contribution in [0.4, 0.5) is 4.79 Å². The number of nitrogens with zero attached hydrogens (tertiary/aromatic N) is 2. The minimum absolute atomic E-state index is 0.123. The molecule has 2 rings (SSSR count). The van der Waals surface area contributed by atoms with E-state index in [1.807, 2.05) is 31.2 Å². The monoisotopic (exact) mass is 321 g/mol. The van der Waals surface area contributed by atoms with Crippen molar-refractivity contribution in [2.45, 2.75) is 6.92 Å². The molecule has 1 aromatic carbocycles. The van der Waals surface area contributed by atoms with Gasteiger partial charge in [-0.2, -0.15) is 0 Å². The van der Waals surface area contributed by atoms with Crippen molar-refractivity contribution in [3.8, 4) is 11.5 Å². The summed E-state index contributed by atoms with van der Waals surface area (Å²) in [6, 6.07) is 7.29. The van der Waals surface area contributed by atoms with E-state index >= 15 is 0 Å². The molecule has 0 aliphatic carbocycles. The second-order valence-corrected chi connectivity index (χ2v) is 5.12. The predicted molar refractivity (Wildman–Crippen MR) is 85.7 cm³/mol. The molecule has 0 atom stereocenters. The van der Waals surface area contributed by atoms with Gasteiger partial charge in [-0.15, -0.1) is 0 Å². The van der Waals surface area contributed by atoms with E-state index in [1.165, 1.54) is 0 Å². The van der Waals surface area contributed by atoms with Crippen LogP contribution < -0.4 is 14.8 Å². The summed E-state index contributed by atoms with van der Waals surface area (Å²) in [5, 5.41) is 2.82. The molecule has 0 saturated carbocycles. The van der Waals surface area contributed by atoms with Crippen molar-refractivity contribution in [3.05, 3.63) is 24.3 Å². The Morgan fingerprint density at radius 3 is 2.57 bits per heavy atom. The molecule has 0 spiro atoms. The number of piperazine rings is 1. The summed E-state index contributed by atoms with van der Waals surface area (Å²) in [4.78, 5) is 26.0. The Morgan fingerprint density at radius 2 is 1.91 bits per heavy atom. The second kappa shape index (κ2) is 8.87. The Bertz CT molecular complexity index is 516. The summed E-state index contributed by atoms with van der Waals surface area (Å²) in [6.45, 7) is 5.62. The van der Waals surface area contributed by atoms with Gasteiger partial charge >= 0.3 is 6.03 Å². The maximum absolute atomic E-state index is 12.0. The number of hydrogen-bond acceptors (Lipinski definition) is 4. The first-order chi connectivity index (χ1) is 11.2. The van der Waals surface area contributed by atoms with Gasteiger partial charge in [0, 0.05) is 32.2 Å². The Morgan fingerprint density at radius 1 is 1.22 bits per heavy atom. The molecule has 3 amide bonds. The average Bonchev–Trinajstić information content (AvgIpc) is 2.59. The molecule has 1 aromatic rings. The minimum Gasteiger partial charge on any atom is -0.494 e. The molecule has 7 heteroatoms. The first-order valence-corrected chi connectivity index (χ1v) is 7.80. The lowest BCUT2D eigenvalue weighted by Gasteiger charge is -2.32. The molecule has 1 saturated heterocycles. The minimum atomic E-state index is -0.123. The normalized spacial score (nSPS) is 14.3. The SMILES string of the molecule is CCOc1cccc(OCCNC(=O)N2CCN(C=O)CC2)c1. The van der Waals surface area contributed by atoms with Crippen LogP contribution in [0.25, 0.3) is 0 Å². The molecule has 0 aromatic heterocycles. The summed E-state index contributed by atoms with van der Waals surface area (Å²) in [5.74, 6) is 1.48. The molecule has 1 heterocycles. The summed E-state index contributed by atoms with van der Waals surface area (Å²) in [7, 11) is 0. The number of carbonyl (C=O) groups excluding carboxylic acids is 2. The lowest BCUT2D eigenvalue weighted by atomic mass is 10.3. The fraction of sp³-hybridized carbons (Fsp3) is 0.500. The molecule has 0 bridgehead atoms. The first-order valence-electron chi connectivity index (χ1n) is 7.80. The lowest BCUT2D eigenvalue weighted by molar-refractivity contribution is -0.119. The van der Waals surface area contributed by atoms with Crippen molar-refractivity contribution in [2.24, 2.45) is 0 Å². The molecular formula is C16H23N3O4. The standard InChI is InChI=1S/C16H23N3O4/c1-2-22-14-4-3-5-15(12-14)23-11-6-17-16(21)19-9-7-18(13-20)8-10-19/h3-5,12-13H,2,6-11H2,1H3,(H,17,21). The van der Waals surface area contributed by atoms with Crippen LogP contribution in [0.15, 0.2) is 24.3 Å². The zero-order valence-corrected chi connectivity index (χ0v) is 13.4. The zero-order valence-electron chi connectivity index (χ0n) is 13.4. The third kappa shape index (κ3) is 5.36. The van der Waals surface area contributed by atoms with E-state index in [0.29, 0.717) is 51.7 Å². The van der Waals surface area contributed by atoms with E-state index in [4.69, 9.17) is 9.47 Å². The molecular weight excluding hydrogens is 298 g/mol. The molecule has 23 heavy (non-hydrogen) atoms. The number of amides is 3. The van der Waals surface area contributed by atoms with Gasteiger partial charge in [0.25, 0.3) is 0 Å². The highest BCUT2D eigenvalue weighted by Gasteiger charge is 2.19. The third-order valence-corrected chi connectivity index (χ3v) is 3.51. The summed E-state index contributed by atoms with van der Waals surface area (Å²) < 4.78 is 11.0. The fourth-order valence-corrected chi connectivity index (χ4v) is 2.29. The van der Waals surface area contributed by atoms with Gasteiger partial charge in [-0.25, -0.2) is 4.79 Å². The predicted octanol–water partition coefficient (Wildman–Crippen LogP) is 0.948. The van der Waals surface area contributed by atoms with Gasteiger partial charge in [-0.1, -0.05) is 6.07 Å². The number of carbonyl (C=O) groups is 2. The van der Waals surface area contributed by atoms with E-state index in [2.05, 4.69) is 5.32 Å². The molecule has 7 nitrogen and oxygen atoms in total. The maximum Gasteiger partial charge on any atom is 0.317 e. The average molecular weight is 321 g/mol. The third-order valence-electron chi connectivity index (χ3n) is 3.51. The van der Waals surface area contributed by atoms with Crippen LogP contribution in [-0.4, -0.2) is 68.2 Å². The van der Waals surface area contributed by atoms with Crippen molar-refractivity contribution in [2.75, 3.05) is 45.9 Å². The molecule has 0 unspecified atom stereocenters. The van der Waals surface area contributed by atoms with E-state index in [9.17, 15) is 9.59 Å². The van der Waals surface area contributed by atoms with Gasteiger partial charge in [0.1, 0.15) is 18.1 Å². The Hall–Kier alpha value is -2.44. The topological polar surface area (TPSA) is 71.1 Å². The number of urea groups is 1. The number of nitrogens with one attached hydrogen (secondary N) is 1. The van der Waals surface area contributed by atoms with E-state index in [0.717, 1.165) is 12.2 Å². The van der Waals surface area contributed by atoms with Crippen LogP contribution in [0.1, 0.15) is 6.92 Å². The Labute approximate surface area is 136 Å². The van der Waals surface area contributed by atoms with Gasteiger partial charge in [0.05, 0.1) is 13.2 Å². The van der Waals surface area contributed by atoms with Crippen molar-refractivity contribution in [3.63, 3.8) is 0 Å². The van der Waals surface area contributed by atoms with E-state index in [-0.39, 0.29) is 6.03 Å². The van der Waals surface area contributed by atoms with Crippen LogP contribution in [0, 0.1) is 0 Å². The van der Waals surface area contributed by atoms with Crippen LogP contribution >= 0.6 is 0 Å². The smallest absolute Gasteiger partial charge is 0.317 e. The van der Waals surface area contributed by atoms with Crippen LogP contribution in [0.2, 0.25) is 0 Å². The summed E-state index contributed by atoms with van der Waals surface area (Å²) in [6.07, 6.45) is 0.819. The molecule has 1 N–H and O–H groups in total. The quantitative estimate of drug-likeness (QED) is 0.599. The van der Waals surface area contributed by atoms with Crippen molar-refractivity contribution >= 4 is 12.4 Å². The van der Waals surface area contributed by atoms with Crippen molar-refractivity contribution in [1.29, 1.82) is 0 Å². The molecule has 0 radical (unpaired) electrons. The van der Waals surface area contributed by atoms with E-state index < -0.39 is 0 Å². The molecule has 1 aliphatic heterocycles. The first kappa shape index (κ1) is 16.9. The highest BCUT2D eigenvalue weighted by molar-refractivity contribution is 5.74. The van der Waals surface area contributed by atoms with Crippen molar-refractivity contribution in [1.82, 2.24) is 15.1 Å². The Balaban J connectivity index is 1.66. The zero-order chi connectivity index (χ0) is 16.5. The van der Waals surface area contributed by atoms with Gasteiger partial charge in [-0.3, -0.25) is 4.79 Å². The molecule has 1 fully saturated rings. The number of ether oxygens (including phenoxy) is 2. The highest BCUT2D eigenvalue weighted by Crippen LogP contribution is 2.19. The largest absolute Gasteiger partial charge is 0.494 e. The lowest BCUT2D eigenvalue weighted by Crippen LogP contribution is -2.51. The fourth-order valence-electron chi connectivity index (χ4n) is 2.29. The van der Waals surface area contributed by atoms with Crippen LogP contribution in [0.3, 0.4) is 0 Å². The summed E-state index contributed by atoms with van der Waals surface area (Å²) >= 11 is 0. The summed E-state index contributed by atoms with van der Waals surface area (Å²) in [5.41, 5.74) is 0. The van der Waals surface area contributed by atoms with Crippen LogP contribution in [0.5, 0.6) is 11.5 Å².